The Balaban J connectivity index is 0. The Labute approximate surface area is 95.9 Å². The van der Waals surface area contributed by atoms with E-state index in [1.165, 1.54) is 5.56 Å². The summed E-state index contributed by atoms with van der Waals surface area (Å²) in [5.74, 6) is 0. The molecule has 1 heteroatoms. The van der Waals surface area contributed by atoms with Crippen molar-refractivity contribution in [2.24, 2.45) is 0 Å². The quantitative estimate of drug-likeness (QED) is 0.775. The number of nitrogens with one attached hydrogen (secondary N) is 1. The first-order chi connectivity index (χ1) is 7.16. The first-order valence-corrected chi connectivity index (χ1v) is 5.91. The first-order valence-electron chi connectivity index (χ1n) is 5.91. The van der Waals surface area contributed by atoms with E-state index < -0.39 is 0 Å². The Morgan fingerprint density at radius 3 is 1.67 bits per heavy atom. The summed E-state index contributed by atoms with van der Waals surface area (Å²) in [6, 6.07) is 10.9. The van der Waals surface area contributed by atoms with Crippen LogP contribution in [0.4, 0.5) is 0 Å². The lowest BCUT2D eigenvalue weighted by atomic mass is 10.2. The highest BCUT2D eigenvalue weighted by Crippen LogP contribution is 1.92. The van der Waals surface area contributed by atoms with Crippen LogP contribution in [0.15, 0.2) is 30.3 Å². The molecule has 0 atom stereocenters. The van der Waals surface area contributed by atoms with Crippen molar-refractivity contribution in [3.63, 3.8) is 0 Å². The molecule has 0 saturated carbocycles. The number of hydrogen-bond donors (Lipinski definition) is 1. The molecule has 15 heavy (non-hydrogen) atoms. The molecule has 0 amide bonds. The number of benzene rings is 1. The van der Waals surface area contributed by atoms with Crippen molar-refractivity contribution in [3.8, 4) is 0 Å². The van der Waals surface area contributed by atoms with Crippen molar-refractivity contribution < 1.29 is 0 Å². The van der Waals surface area contributed by atoms with E-state index in [4.69, 9.17) is 0 Å². The van der Waals surface area contributed by atoms with Gasteiger partial charge >= 0.3 is 0 Å². The first kappa shape index (κ1) is 16.6. The number of aryl methyl sites for hydroxylation is 1. The molecule has 0 spiro atoms. The third kappa shape index (κ3) is 15.9. The molecule has 0 bridgehead atoms. The van der Waals surface area contributed by atoms with Crippen molar-refractivity contribution in [2.45, 2.75) is 47.6 Å². The summed E-state index contributed by atoms with van der Waals surface area (Å²) < 4.78 is 0. The minimum atomic E-state index is 0.648. The second-order valence-electron chi connectivity index (χ2n) is 3.37. The fourth-order valence-corrected chi connectivity index (χ4v) is 0.943. The van der Waals surface area contributed by atoms with E-state index >= 15 is 0 Å². The summed E-state index contributed by atoms with van der Waals surface area (Å²) in [6.07, 6.45) is 0. The van der Waals surface area contributed by atoms with Gasteiger partial charge in [-0.25, -0.2) is 0 Å². The average Bonchev–Trinajstić information content (AvgIpc) is 2.22. The number of hydrogen-bond acceptors (Lipinski definition) is 1. The van der Waals surface area contributed by atoms with E-state index in [0.717, 1.165) is 6.54 Å². The molecule has 0 fully saturated rings. The fraction of sp³-hybridized carbons (Fsp3) is 0.571. The van der Waals surface area contributed by atoms with E-state index in [9.17, 15) is 0 Å². The van der Waals surface area contributed by atoms with Crippen molar-refractivity contribution in [1.29, 1.82) is 0 Å². The SMILES string of the molecule is CC.CCNC(C)C.Cc1ccccc1. The van der Waals surface area contributed by atoms with Crippen LogP contribution in [0.2, 0.25) is 0 Å². The maximum Gasteiger partial charge on any atom is 0.00102 e. The third-order valence-corrected chi connectivity index (χ3v) is 1.55. The molecule has 1 rings (SSSR count). The lowest BCUT2D eigenvalue weighted by molar-refractivity contribution is 0.613. The minimum absolute atomic E-state index is 0.648. The van der Waals surface area contributed by atoms with Gasteiger partial charge in [0.2, 0.25) is 0 Å². The standard InChI is InChI=1S/C7H8.C5H13N.C2H6/c1-7-5-3-2-4-6-7;1-4-6-5(2)3;1-2/h2-6H,1H3;5-6H,4H2,1-3H3;1-2H3. The molecule has 1 aromatic rings. The molecule has 88 valence electrons. The van der Waals surface area contributed by atoms with Crippen molar-refractivity contribution in [1.82, 2.24) is 5.32 Å². The Morgan fingerprint density at radius 1 is 1.07 bits per heavy atom. The average molecular weight is 209 g/mol. The topological polar surface area (TPSA) is 12.0 Å². The van der Waals surface area contributed by atoms with Crippen LogP contribution in [0.5, 0.6) is 0 Å². The van der Waals surface area contributed by atoms with Gasteiger partial charge in [0.05, 0.1) is 0 Å². The Bertz CT molecular complexity index is 192. The highest BCUT2D eigenvalue weighted by molar-refractivity contribution is 5.11. The van der Waals surface area contributed by atoms with Gasteiger partial charge in [0.15, 0.2) is 0 Å². The summed E-state index contributed by atoms with van der Waals surface area (Å²) in [6.45, 7) is 13.6. The van der Waals surface area contributed by atoms with Gasteiger partial charge in [0.25, 0.3) is 0 Å². The lowest BCUT2D eigenvalue weighted by Gasteiger charge is -2.00. The van der Waals surface area contributed by atoms with Gasteiger partial charge < -0.3 is 5.32 Å². The molecular formula is C14H27N. The van der Waals surface area contributed by atoms with E-state index in [2.05, 4.69) is 45.1 Å². The van der Waals surface area contributed by atoms with Crippen molar-refractivity contribution >= 4 is 0 Å². The maximum absolute atomic E-state index is 3.21. The molecular weight excluding hydrogens is 182 g/mol. The zero-order valence-corrected chi connectivity index (χ0v) is 11.2. The van der Waals surface area contributed by atoms with Crippen LogP contribution in [0.3, 0.4) is 0 Å². The van der Waals surface area contributed by atoms with E-state index in [0.29, 0.717) is 6.04 Å². The Hall–Kier alpha value is -0.820. The van der Waals surface area contributed by atoms with Gasteiger partial charge in [-0.05, 0) is 13.5 Å². The second kappa shape index (κ2) is 13.2. The van der Waals surface area contributed by atoms with Crippen molar-refractivity contribution in [2.75, 3.05) is 6.54 Å². The molecule has 0 aliphatic rings. The molecule has 1 N–H and O–H groups in total. The van der Waals surface area contributed by atoms with Gasteiger partial charge in [-0.3, -0.25) is 0 Å². The monoisotopic (exact) mass is 209 g/mol. The van der Waals surface area contributed by atoms with E-state index in [1.54, 1.807) is 0 Å². The number of rotatable bonds is 2. The highest BCUT2D eigenvalue weighted by atomic mass is 14.9. The van der Waals surface area contributed by atoms with Crippen LogP contribution in [-0.2, 0) is 0 Å². The van der Waals surface area contributed by atoms with Crippen LogP contribution in [-0.4, -0.2) is 12.6 Å². The van der Waals surface area contributed by atoms with Gasteiger partial charge in [-0.1, -0.05) is 70.5 Å². The summed E-state index contributed by atoms with van der Waals surface area (Å²) in [5.41, 5.74) is 1.32. The van der Waals surface area contributed by atoms with Gasteiger partial charge in [-0.2, -0.15) is 0 Å². The summed E-state index contributed by atoms with van der Waals surface area (Å²) in [4.78, 5) is 0. The molecule has 1 nitrogen and oxygen atoms in total. The molecule has 0 aromatic heterocycles. The molecule has 0 heterocycles. The van der Waals surface area contributed by atoms with Gasteiger partial charge in [-0.15, -0.1) is 0 Å². The molecule has 0 aliphatic heterocycles. The second-order valence-corrected chi connectivity index (χ2v) is 3.37. The normalized spacial score (nSPS) is 8.47. The van der Waals surface area contributed by atoms with Crippen LogP contribution < -0.4 is 5.32 Å². The molecule has 0 aliphatic carbocycles. The minimum Gasteiger partial charge on any atom is -0.315 e. The predicted octanol–water partition coefficient (Wildman–Crippen LogP) is 4.03. The third-order valence-electron chi connectivity index (χ3n) is 1.55. The smallest absolute Gasteiger partial charge is 0.00102 e. The largest absolute Gasteiger partial charge is 0.315 e. The van der Waals surface area contributed by atoms with Gasteiger partial charge in [0, 0.05) is 6.04 Å². The van der Waals surface area contributed by atoms with Crippen LogP contribution in [0, 0.1) is 6.92 Å². The molecule has 0 saturated heterocycles. The highest BCUT2D eigenvalue weighted by Gasteiger charge is 1.82. The van der Waals surface area contributed by atoms with E-state index in [1.807, 2.05) is 32.0 Å². The Kier molecular flexibility index (Phi) is 14.6. The van der Waals surface area contributed by atoms with Crippen LogP contribution in [0.1, 0.15) is 40.2 Å². The Morgan fingerprint density at radius 2 is 1.53 bits per heavy atom. The van der Waals surface area contributed by atoms with Gasteiger partial charge in [0.1, 0.15) is 0 Å². The summed E-state index contributed by atoms with van der Waals surface area (Å²) >= 11 is 0. The zero-order chi connectivity index (χ0) is 12.1. The van der Waals surface area contributed by atoms with Crippen LogP contribution in [0.25, 0.3) is 0 Å². The predicted molar refractivity (Wildman–Crippen MR) is 71.3 cm³/mol. The molecule has 0 unspecified atom stereocenters. The molecule has 0 radical (unpaired) electrons. The maximum atomic E-state index is 3.21. The zero-order valence-electron chi connectivity index (χ0n) is 11.2. The van der Waals surface area contributed by atoms with E-state index in [-0.39, 0.29) is 0 Å². The fourth-order valence-electron chi connectivity index (χ4n) is 0.943. The summed E-state index contributed by atoms with van der Waals surface area (Å²) in [7, 11) is 0. The van der Waals surface area contributed by atoms with Crippen LogP contribution >= 0.6 is 0 Å². The summed E-state index contributed by atoms with van der Waals surface area (Å²) in [5, 5.41) is 3.21. The molecule has 1 aromatic carbocycles. The lowest BCUT2D eigenvalue weighted by Crippen LogP contribution is -2.21. The van der Waals surface area contributed by atoms with Crippen molar-refractivity contribution in [3.05, 3.63) is 35.9 Å².